The first-order valence-corrected chi connectivity index (χ1v) is 12.4. The number of H-pyrrole nitrogens is 1. The molecule has 1 aliphatic heterocycles. The number of nitrogens with one attached hydrogen (secondary N) is 2. The van der Waals surface area contributed by atoms with E-state index in [1.54, 1.807) is 17.9 Å². The fourth-order valence-electron chi connectivity index (χ4n) is 4.72. The Labute approximate surface area is 212 Å². The number of ether oxygens (including phenoxy) is 1. The van der Waals surface area contributed by atoms with Crippen molar-refractivity contribution >= 4 is 22.8 Å². The quantitative estimate of drug-likeness (QED) is 0.425. The van der Waals surface area contributed by atoms with E-state index in [1.165, 1.54) is 18.5 Å². The van der Waals surface area contributed by atoms with Gasteiger partial charge in [0.2, 0.25) is 5.91 Å². The molecular weight excluding hydrogens is 484 g/mol. The number of alkyl halides is 2. The first-order valence-electron chi connectivity index (χ1n) is 12.4. The maximum Gasteiger partial charge on any atom is 0.263 e. The van der Waals surface area contributed by atoms with Gasteiger partial charge in [-0.2, -0.15) is 0 Å². The number of fused-ring (bicyclic) bond motifs is 1. The number of carbonyl (C=O) groups is 2. The van der Waals surface area contributed by atoms with E-state index in [2.05, 4.69) is 20.3 Å². The van der Waals surface area contributed by atoms with Crippen LogP contribution in [0.4, 0.5) is 8.78 Å². The van der Waals surface area contributed by atoms with Crippen molar-refractivity contribution in [3.05, 3.63) is 41.3 Å². The minimum absolute atomic E-state index is 0.133. The maximum absolute atomic E-state index is 13.5. The van der Waals surface area contributed by atoms with Crippen molar-refractivity contribution in [1.29, 1.82) is 0 Å². The summed E-state index contributed by atoms with van der Waals surface area (Å²) in [7, 11) is 0. The molecule has 2 aromatic heterocycles. The van der Waals surface area contributed by atoms with E-state index in [-0.39, 0.29) is 23.4 Å². The molecule has 11 heteroatoms. The molecule has 1 saturated carbocycles. The molecule has 0 unspecified atom stereocenters. The van der Waals surface area contributed by atoms with E-state index in [1.807, 2.05) is 0 Å². The summed E-state index contributed by atoms with van der Waals surface area (Å²) < 4.78 is 33.1. The van der Waals surface area contributed by atoms with Crippen molar-refractivity contribution in [3.8, 4) is 17.0 Å². The number of benzene rings is 1. The highest BCUT2D eigenvalue weighted by atomic mass is 19.3. The van der Waals surface area contributed by atoms with Crippen LogP contribution in [-0.4, -0.2) is 69.1 Å². The minimum atomic E-state index is -2.65. The van der Waals surface area contributed by atoms with E-state index in [9.17, 15) is 18.4 Å². The van der Waals surface area contributed by atoms with Crippen LogP contribution in [0, 0.1) is 12.8 Å². The van der Waals surface area contributed by atoms with Crippen LogP contribution in [0.2, 0.25) is 0 Å². The molecule has 0 spiro atoms. The lowest BCUT2D eigenvalue weighted by atomic mass is 10.0. The highest BCUT2D eigenvalue weighted by Crippen LogP contribution is 2.38. The summed E-state index contributed by atoms with van der Waals surface area (Å²) in [6.45, 7) is 2.64. The number of aromatic amines is 1. The fourth-order valence-corrected chi connectivity index (χ4v) is 4.72. The number of likely N-dealkylation sites (tertiary alicyclic amines) is 1. The Kier molecular flexibility index (Phi) is 7.05. The van der Waals surface area contributed by atoms with Gasteiger partial charge < -0.3 is 25.0 Å². The Morgan fingerprint density at radius 3 is 2.65 bits per heavy atom. The van der Waals surface area contributed by atoms with Gasteiger partial charge >= 0.3 is 0 Å². The first kappa shape index (κ1) is 25.1. The monoisotopic (exact) mass is 513 g/mol. The highest BCUT2D eigenvalue weighted by molar-refractivity contribution is 6.09. The smallest absolute Gasteiger partial charge is 0.263 e. The molecular formula is C26H29F2N5O4. The zero-order valence-corrected chi connectivity index (χ0v) is 20.5. The number of carbonyl (C=O) groups excluding carboxylic acids is 2. The summed E-state index contributed by atoms with van der Waals surface area (Å²) in [6, 6.07) is 4.15. The Balaban J connectivity index is 1.44. The second-order valence-corrected chi connectivity index (χ2v) is 9.67. The van der Waals surface area contributed by atoms with Crippen LogP contribution >= 0.6 is 0 Å². The van der Waals surface area contributed by atoms with Crippen molar-refractivity contribution in [2.24, 2.45) is 5.92 Å². The van der Waals surface area contributed by atoms with Crippen molar-refractivity contribution < 1.29 is 28.2 Å². The van der Waals surface area contributed by atoms with Crippen LogP contribution < -0.4 is 10.1 Å². The van der Waals surface area contributed by atoms with E-state index >= 15 is 0 Å². The number of piperidine rings is 1. The number of hydrogen-bond acceptors (Lipinski definition) is 6. The molecule has 5 rings (SSSR count). The highest BCUT2D eigenvalue weighted by Gasteiger charge is 2.28. The van der Waals surface area contributed by atoms with Crippen LogP contribution in [0.1, 0.15) is 53.7 Å². The second-order valence-electron chi connectivity index (χ2n) is 9.67. The lowest BCUT2D eigenvalue weighted by molar-refractivity contribution is -0.135. The number of rotatable bonds is 8. The average molecular weight is 514 g/mol. The molecule has 0 radical (unpaired) electrons. The van der Waals surface area contributed by atoms with Crippen molar-refractivity contribution in [1.82, 2.24) is 25.2 Å². The van der Waals surface area contributed by atoms with Gasteiger partial charge in [-0.25, -0.2) is 18.7 Å². The van der Waals surface area contributed by atoms with Gasteiger partial charge in [0.25, 0.3) is 12.3 Å². The Morgan fingerprint density at radius 2 is 1.97 bits per heavy atom. The number of aryl methyl sites for hydroxylation is 1. The van der Waals surface area contributed by atoms with Crippen molar-refractivity contribution in [2.75, 3.05) is 26.3 Å². The SMILES string of the molecule is Cc1[nH]c2c(-c3cc(C(F)F)ccc3OCC3CC3)ncnc2c1C(=O)NC1CCN(C(=O)CO)CC1. The molecule has 3 N–H and O–H groups in total. The van der Waals surface area contributed by atoms with E-state index in [0.717, 1.165) is 12.8 Å². The standard InChI is InChI=1S/C26H29F2N5O4/c1-14-21(26(36)32-17-6-8-33(9-7-17)20(35)11-34)23-24(31-14)22(29-13-30-23)18-10-16(25(27)28)4-5-19(18)37-12-15-2-3-15/h4-5,10,13,15,17,25,31,34H,2-3,6-9,11-12H2,1H3,(H,32,36). The van der Waals surface area contributed by atoms with E-state index in [0.29, 0.717) is 77.8 Å². The fraction of sp³-hybridized carbons (Fsp3) is 0.462. The van der Waals surface area contributed by atoms with Crippen LogP contribution in [-0.2, 0) is 4.79 Å². The molecule has 0 atom stereocenters. The van der Waals surface area contributed by atoms with Gasteiger partial charge in [0.05, 0.1) is 17.7 Å². The molecule has 1 aromatic carbocycles. The topological polar surface area (TPSA) is 120 Å². The number of aliphatic hydroxyl groups is 1. The molecule has 2 aliphatic rings. The van der Waals surface area contributed by atoms with Gasteiger partial charge in [-0.1, -0.05) is 0 Å². The van der Waals surface area contributed by atoms with Crippen molar-refractivity contribution in [3.63, 3.8) is 0 Å². The zero-order valence-electron chi connectivity index (χ0n) is 20.5. The van der Waals surface area contributed by atoms with Gasteiger partial charge in [0.1, 0.15) is 29.9 Å². The summed E-state index contributed by atoms with van der Waals surface area (Å²) in [5, 5.41) is 12.1. The summed E-state index contributed by atoms with van der Waals surface area (Å²) in [5.74, 6) is 0.299. The van der Waals surface area contributed by atoms with Gasteiger partial charge in [0.15, 0.2) is 0 Å². The predicted molar refractivity (Wildman–Crippen MR) is 131 cm³/mol. The minimum Gasteiger partial charge on any atom is -0.493 e. The molecule has 3 heterocycles. The number of halogens is 2. The van der Waals surface area contributed by atoms with Crippen LogP contribution in [0.25, 0.3) is 22.3 Å². The average Bonchev–Trinajstić information content (AvgIpc) is 3.66. The number of amides is 2. The van der Waals surface area contributed by atoms with Crippen LogP contribution in [0.3, 0.4) is 0 Å². The number of hydrogen-bond donors (Lipinski definition) is 3. The van der Waals surface area contributed by atoms with Crippen molar-refractivity contribution in [2.45, 2.75) is 45.1 Å². The van der Waals surface area contributed by atoms with E-state index in [4.69, 9.17) is 9.84 Å². The molecule has 2 fully saturated rings. The first-order chi connectivity index (χ1) is 17.9. The van der Waals surface area contributed by atoms with E-state index < -0.39 is 13.0 Å². The lowest BCUT2D eigenvalue weighted by Gasteiger charge is -2.32. The Hall–Kier alpha value is -3.60. The molecule has 9 nitrogen and oxygen atoms in total. The molecule has 3 aromatic rings. The molecule has 196 valence electrons. The second kappa shape index (κ2) is 10.4. The molecule has 1 saturated heterocycles. The van der Waals surface area contributed by atoms with Gasteiger partial charge in [-0.15, -0.1) is 0 Å². The summed E-state index contributed by atoms with van der Waals surface area (Å²) >= 11 is 0. The number of aliphatic hydroxyl groups excluding tert-OH is 1. The predicted octanol–water partition coefficient (Wildman–Crippen LogP) is 3.37. The summed E-state index contributed by atoms with van der Waals surface area (Å²) in [5.41, 5.74) is 2.45. The third kappa shape index (κ3) is 5.27. The summed E-state index contributed by atoms with van der Waals surface area (Å²) in [4.78, 5) is 38.5. The zero-order chi connectivity index (χ0) is 26.1. The normalized spacial score (nSPS) is 16.4. The Bertz CT molecular complexity index is 1320. The van der Waals surface area contributed by atoms with Crippen LogP contribution in [0.5, 0.6) is 5.75 Å². The lowest BCUT2D eigenvalue weighted by Crippen LogP contribution is -2.47. The number of aromatic nitrogens is 3. The summed E-state index contributed by atoms with van der Waals surface area (Å²) in [6.07, 6.45) is 1.99. The Morgan fingerprint density at radius 1 is 1.22 bits per heavy atom. The molecule has 37 heavy (non-hydrogen) atoms. The maximum atomic E-state index is 13.5. The largest absolute Gasteiger partial charge is 0.493 e. The van der Waals surface area contributed by atoms with Gasteiger partial charge in [-0.05, 0) is 56.7 Å². The third-order valence-electron chi connectivity index (χ3n) is 7.00. The number of nitrogens with zero attached hydrogens (tertiary/aromatic N) is 3. The van der Waals surface area contributed by atoms with Gasteiger partial charge in [0, 0.05) is 36.0 Å². The third-order valence-corrected chi connectivity index (χ3v) is 7.00. The molecule has 0 bridgehead atoms. The molecule has 1 aliphatic carbocycles. The van der Waals surface area contributed by atoms with Crippen LogP contribution in [0.15, 0.2) is 24.5 Å². The molecule has 2 amide bonds. The van der Waals surface area contributed by atoms with Gasteiger partial charge in [-0.3, -0.25) is 9.59 Å².